The van der Waals surface area contributed by atoms with Crippen LogP contribution in [0.15, 0.2) is 12.2 Å². The molecule has 0 aromatic rings. The van der Waals surface area contributed by atoms with E-state index in [2.05, 4.69) is 6.58 Å². The Labute approximate surface area is 85.5 Å². The Hall–Kier alpha value is -0.870. The van der Waals surface area contributed by atoms with Crippen molar-refractivity contribution in [2.45, 2.75) is 27.0 Å². The van der Waals surface area contributed by atoms with Gasteiger partial charge < -0.3 is 9.47 Å². The van der Waals surface area contributed by atoms with E-state index in [1.807, 2.05) is 6.92 Å². The van der Waals surface area contributed by atoms with Gasteiger partial charge in [-0.3, -0.25) is 9.69 Å². The molecule has 0 aliphatic carbocycles. The fourth-order valence-electron chi connectivity index (χ4n) is 0.891. The SMILES string of the molecule is C=C(C)C(=O)N(COCC)C(C)OC. The first kappa shape index (κ1) is 13.1. The number of hydrogen-bond donors (Lipinski definition) is 0. The predicted molar refractivity (Wildman–Crippen MR) is 54.6 cm³/mol. The van der Waals surface area contributed by atoms with Crippen molar-refractivity contribution in [3.8, 4) is 0 Å². The zero-order valence-electron chi connectivity index (χ0n) is 9.37. The summed E-state index contributed by atoms with van der Waals surface area (Å²) in [5, 5.41) is 0. The maximum Gasteiger partial charge on any atom is 0.252 e. The minimum Gasteiger partial charge on any atom is -0.362 e. The summed E-state index contributed by atoms with van der Waals surface area (Å²) in [6, 6.07) is 0. The van der Waals surface area contributed by atoms with Crippen molar-refractivity contribution in [3.63, 3.8) is 0 Å². The number of rotatable bonds is 6. The fraction of sp³-hybridized carbons (Fsp3) is 0.700. The molecule has 0 fully saturated rings. The summed E-state index contributed by atoms with van der Waals surface area (Å²) in [4.78, 5) is 13.1. The highest BCUT2D eigenvalue weighted by molar-refractivity contribution is 5.92. The molecule has 1 unspecified atom stereocenters. The van der Waals surface area contributed by atoms with Gasteiger partial charge in [0.25, 0.3) is 5.91 Å². The lowest BCUT2D eigenvalue weighted by Gasteiger charge is -2.27. The van der Waals surface area contributed by atoms with E-state index in [0.717, 1.165) is 0 Å². The monoisotopic (exact) mass is 201 g/mol. The molecule has 14 heavy (non-hydrogen) atoms. The molecule has 4 nitrogen and oxygen atoms in total. The van der Waals surface area contributed by atoms with Crippen molar-refractivity contribution in [1.29, 1.82) is 0 Å². The smallest absolute Gasteiger partial charge is 0.252 e. The molecule has 0 saturated carbocycles. The van der Waals surface area contributed by atoms with Crippen LogP contribution >= 0.6 is 0 Å². The Balaban J connectivity index is 4.38. The second kappa shape index (κ2) is 6.56. The largest absolute Gasteiger partial charge is 0.362 e. The van der Waals surface area contributed by atoms with Crippen LogP contribution in [0.3, 0.4) is 0 Å². The molecule has 0 bridgehead atoms. The summed E-state index contributed by atoms with van der Waals surface area (Å²) >= 11 is 0. The molecule has 1 amide bonds. The summed E-state index contributed by atoms with van der Waals surface area (Å²) in [5.74, 6) is -0.146. The minimum atomic E-state index is -0.300. The molecule has 0 radical (unpaired) electrons. The van der Waals surface area contributed by atoms with Gasteiger partial charge in [-0.15, -0.1) is 0 Å². The zero-order chi connectivity index (χ0) is 11.1. The van der Waals surface area contributed by atoms with Crippen molar-refractivity contribution in [3.05, 3.63) is 12.2 Å². The van der Waals surface area contributed by atoms with E-state index >= 15 is 0 Å². The van der Waals surface area contributed by atoms with E-state index < -0.39 is 0 Å². The van der Waals surface area contributed by atoms with Crippen LogP contribution in [0, 0.1) is 0 Å². The average Bonchev–Trinajstić information content (AvgIpc) is 2.17. The number of nitrogens with zero attached hydrogens (tertiary/aromatic N) is 1. The zero-order valence-corrected chi connectivity index (χ0v) is 9.37. The third-order valence-corrected chi connectivity index (χ3v) is 1.84. The van der Waals surface area contributed by atoms with Crippen molar-refractivity contribution in [2.24, 2.45) is 0 Å². The van der Waals surface area contributed by atoms with Gasteiger partial charge in [0, 0.05) is 19.3 Å². The van der Waals surface area contributed by atoms with Crippen molar-refractivity contribution in [1.82, 2.24) is 4.90 Å². The first-order valence-corrected chi connectivity index (χ1v) is 4.61. The molecular formula is C10H19NO3. The van der Waals surface area contributed by atoms with Gasteiger partial charge in [-0.2, -0.15) is 0 Å². The Morgan fingerprint density at radius 1 is 1.57 bits per heavy atom. The second-order valence-corrected chi connectivity index (χ2v) is 3.01. The van der Waals surface area contributed by atoms with Crippen LogP contribution in [-0.2, 0) is 14.3 Å². The van der Waals surface area contributed by atoms with Gasteiger partial charge in [0.1, 0.15) is 13.0 Å². The van der Waals surface area contributed by atoms with Gasteiger partial charge in [-0.05, 0) is 20.8 Å². The predicted octanol–water partition coefficient (Wildman–Crippen LogP) is 1.38. The number of methoxy groups -OCH3 is 1. The highest BCUT2D eigenvalue weighted by Gasteiger charge is 2.19. The van der Waals surface area contributed by atoms with E-state index in [1.54, 1.807) is 21.0 Å². The van der Waals surface area contributed by atoms with Gasteiger partial charge in [-0.25, -0.2) is 0 Å². The van der Waals surface area contributed by atoms with E-state index in [9.17, 15) is 4.79 Å². The van der Waals surface area contributed by atoms with Gasteiger partial charge in [0.05, 0.1) is 0 Å². The Kier molecular flexibility index (Phi) is 6.16. The number of carbonyl (C=O) groups excluding carboxylic acids is 1. The van der Waals surface area contributed by atoms with E-state index in [0.29, 0.717) is 12.2 Å². The van der Waals surface area contributed by atoms with Gasteiger partial charge in [-0.1, -0.05) is 6.58 Å². The normalized spacial score (nSPS) is 12.3. The molecule has 0 rings (SSSR count). The number of amides is 1. The lowest BCUT2D eigenvalue weighted by Crippen LogP contribution is -2.41. The van der Waals surface area contributed by atoms with Crippen LogP contribution in [0.4, 0.5) is 0 Å². The number of hydrogen-bond acceptors (Lipinski definition) is 3. The molecule has 0 saturated heterocycles. The molecule has 82 valence electrons. The van der Waals surface area contributed by atoms with E-state index in [1.165, 1.54) is 4.90 Å². The Morgan fingerprint density at radius 3 is 2.50 bits per heavy atom. The lowest BCUT2D eigenvalue weighted by molar-refractivity contribution is -0.148. The first-order chi connectivity index (χ1) is 6.54. The molecule has 0 aliphatic heterocycles. The van der Waals surface area contributed by atoms with Crippen molar-refractivity contribution < 1.29 is 14.3 Å². The van der Waals surface area contributed by atoms with Crippen molar-refractivity contribution >= 4 is 5.91 Å². The molecule has 0 N–H and O–H groups in total. The fourth-order valence-corrected chi connectivity index (χ4v) is 0.891. The van der Waals surface area contributed by atoms with Crippen LogP contribution in [0.2, 0.25) is 0 Å². The maximum absolute atomic E-state index is 11.6. The third-order valence-electron chi connectivity index (χ3n) is 1.84. The van der Waals surface area contributed by atoms with Crippen LogP contribution < -0.4 is 0 Å². The molecule has 0 aromatic heterocycles. The molecular weight excluding hydrogens is 182 g/mol. The molecule has 4 heteroatoms. The first-order valence-electron chi connectivity index (χ1n) is 4.61. The number of carbonyl (C=O) groups is 1. The quantitative estimate of drug-likeness (QED) is 0.481. The van der Waals surface area contributed by atoms with Crippen LogP contribution in [0.25, 0.3) is 0 Å². The van der Waals surface area contributed by atoms with Crippen LogP contribution in [0.5, 0.6) is 0 Å². The highest BCUT2D eigenvalue weighted by atomic mass is 16.5. The van der Waals surface area contributed by atoms with Crippen LogP contribution in [-0.4, -0.2) is 37.5 Å². The molecule has 0 aromatic carbocycles. The summed E-state index contributed by atoms with van der Waals surface area (Å²) in [6.45, 7) is 9.74. The maximum atomic E-state index is 11.6. The summed E-state index contributed by atoms with van der Waals surface area (Å²) < 4.78 is 10.2. The Morgan fingerprint density at radius 2 is 2.14 bits per heavy atom. The molecule has 1 atom stereocenters. The summed E-state index contributed by atoms with van der Waals surface area (Å²) in [6.07, 6.45) is -0.300. The van der Waals surface area contributed by atoms with E-state index in [-0.39, 0.29) is 18.9 Å². The van der Waals surface area contributed by atoms with Crippen LogP contribution in [0.1, 0.15) is 20.8 Å². The highest BCUT2D eigenvalue weighted by Crippen LogP contribution is 2.05. The van der Waals surface area contributed by atoms with Crippen molar-refractivity contribution in [2.75, 3.05) is 20.4 Å². The second-order valence-electron chi connectivity index (χ2n) is 3.01. The van der Waals surface area contributed by atoms with Gasteiger partial charge in [0.15, 0.2) is 0 Å². The summed E-state index contributed by atoms with van der Waals surface area (Å²) in [5.41, 5.74) is 0.480. The standard InChI is InChI=1S/C10H19NO3/c1-6-14-7-11(9(4)13-5)10(12)8(2)3/h9H,2,6-7H2,1,3-5H3. The minimum absolute atomic E-state index is 0.146. The average molecular weight is 201 g/mol. The molecule has 0 spiro atoms. The molecule has 0 heterocycles. The van der Waals surface area contributed by atoms with Gasteiger partial charge >= 0.3 is 0 Å². The summed E-state index contributed by atoms with van der Waals surface area (Å²) in [7, 11) is 1.55. The topological polar surface area (TPSA) is 38.8 Å². The van der Waals surface area contributed by atoms with E-state index in [4.69, 9.17) is 9.47 Å². The third kappa shape index (κ3) is 3.89. The number of ether oxygens (including phenoxy) is 2. The molecule has 0 aliphatic rings. The van der Waals surface area contributed by atoms with Gasteiger partial charge in [0.2, 0.25) is 0 Å². The Bertz CT molecular complexity index is 204. The lowest BCUT2D eigenvalue weighted by atomic mass is 10.3.